The SMILES string of the molecule is CCCCCCC(C)(C)c1cc(O)c([C@H]2C=C(COC(=O)C(C)(C)C)CC(C)(C)C2)c(O)c1. The van der Waals surface area contributed by atoms with Gasteiger partial charge in [-0.05, 0) is 74.1 Å². The molecular formula is C29H46O4. The van der Waals surface area contributed by atoms with Gasteiger partial charge in [0.25, 0.3) is 0 Å². The highest BCUT2D eigenvalue weighted by Crippen LogP contribution is 2.48. The number of phenolic OH excluding ortho intramolecular Hbond substituents is 2. The van der Waals surface area contributed by atoms with E-state index in [1.54, 1.807) is 0 Å². The molecule has 2 N–H and O–H groups in total. The first-order chi connectivity index (χ1) is 15.2. The molecule has 2 rings (SSSR count). The van der Waals surface area contributed by atoms with Gasteiger partial charge < -0.3 is 14.9 Å². The quantitative estimate of drug-likeness (QED) is 0.225. The van der Waals surface area contributed by atoms with Crippen molar-refractivity contribution in [2.75, 3.05) is 6.61 Å². The molecule has 0 saturated heterocycles. The third-order valence-corrected chi connectivity index (χ3v) is 6.86. The Balaban J connectivity index is 2.27. The molecule has 1 atom stereocenters. The standard InChI is InChI=1S/C29H46O4/c1-9-10-11-12-13-29(7,8)22-15-23(30)25(24(31)16-22)21-14-20(17-28(5,6)18-21)19-33-26(32)27(2,3)4/h14-16,21,30-31H,9-13,17-19H2,1-8H3/t21-/m0/s1. The van der Waals surface area contributed by atoms with Crippen LogP contribution in [0.15, 0.2) is 23.8 Å². The number of aromatic hydroxyl groups is 2. The lowest BCUT2D eigenvalue weighted by atomic mass is 9.70. The number of allylic oxidation sites excluding steroid dienone is 1. The predicted octanol–water partition coefficient (Wildman–Crippen LogP) is 7.77. The van der Waals surface area contributed by atoms with E-state index in [0.717, 1.165) is 36.8 Å². The van der Waals surface area contributed by atoms with Crippen LogP contribution in [0, 0.1) is 10.8 Å². The fourth-order valence-electron chi connectivity index (χ4n) is 4.88. The van der Waals surface area contributed by atoms with Gasteiger partial charge in [-0.1, -0.05) is 66.4 Å². The van der Waals surface area contributed by atoms with Crippen molar-refractivity contribution in [2.45, 2.75) is 112 Å². The monoisotopic (exact) mass is 458 g/mol. The van der Waals surface area contributed by atoms with Gasteiger partial charge in [-0.2, -0.15) is 0 Å². The molecule has 0 unspecified atom stereocenters. The van der Waals surface area contributed by atoms with Crippen LogP contribution in [-0.2, 0) is 14.9 Å². The summed E-state index contributed by atoms with van der Waals surface area (Å²) >= 11 is 0. The molecule has 4 nitrogen and oxygen atoms in total. The van der Waals surface area contributed by atoms with E-state index < -0.39 is 5.41 Å². The van der Waals surface area contributed by atoms with Crippen LogP contribution < -0.4 is 0 Å². The minimum absolute atomic E-state index is 0.0288. The normalized spacial score (nSPS) is 18.7. The van der Waals surface area contributed by atoms with Crippen molar-refractivity contribution >= 4 is 5.97 Å². The van der Waals surface area contributed by atoms with Crippen molar-refractivity contribution in [1.82, 2.24) is 0 Å². The Morgan fingerprint density at radius 1 is 1.06 bits per heavy atom. The minimum atomic E-state index is -0.542. The van der Waals surface area contributed by atoms with Crippen LogP contribution in [0.1, 0.15) is 117 Å². The second-order valence-electron chi connectivity index (χ2n) is 12.4. The Morgan fingerprint density at radius 3 is 2.21 bits per heavy atom. The maximum absolute atomic E-state index is 12.2. The summed E-state index contributed by atoms with van der Waals surface area (Å²) in [7, 11) is 0. The lowest BCUT2D eigenvalue weighted by molar-refractivity contribution is -0.152. The molecule has 0 aliphatic heterocycles. The van der Waals surface area contributed by atoms with Crippen molar-refractivity contribution in [3.8, 4) is 11.5 Å². The zero-order valence-corrected chi connectivity index (χ0v) is 22.2. The summed E-state index contributed by atoms with van der Waals surface area (Å²) in [6.45, 7) is 16.7. The first-order valence-electron chi connectivity index (χ1n) is 12.6. The molecule has 0 amide bonds. The van der Waals surface area contributed by atoms with Crippen molar-refractivity contribution in [3.05, 3.63) is 34.9 Å². The smallest absolute Gasteiger partial charge is 0.311 e. The molecule has 0 aromatic heterocycles. The van der Waals surface area contributed by atoms with Crippen LogP contribution in [0.5, 0.6) is 11.5 Å². The minimum Gasteiger partial charge on any atom is -0.507 e. The number of carbonyl (C=O) groups excluding carboxylic acids is 1. The molecule has 1 aliphatic rings. The Morgan fingerprint density at radius 2 is 1.67 bits per heavy atom. The van der Waals surface area contributed by atoms with Crippen LogP contribution in [0.25, 0.3) is 0 Å². The van der Waals surface area contributed by atoms with Gasteiger partial charge in [0.05, 0.1) is 5.41 Å². The third kappa shape index (κ3) is 7.52. The van der Waals surface area contributed by atoms with E-state index >= 15 is 0 Å². The molecule has 1 aliphatic carbocycles. The van der Waals surface area contributed by atoms with Crippen LogP contribution in [0.4, 0.5) is 0 Å². The van der Waals surface area contributed by atoms with Gasteiger partial charge in [0.15, 0.2) is 0 Å². The van der Waals surface area contributed by atoms with E-state index in [1.165, 1.54) is 19.3 Å². The second-order valence-corrected chi connectivity index (χ2v) is 12.4. The Kier molecular flexibility index (Phi) is 8.70. The molecule has 0 radical (unpaired) electrons. The number of ether oxygens (including phenoxy) is 1. The summed E-state index contributed by atoms with van der Waals surface area (Å²) in [4.78, 5) is 12.2. The number of unbranched alkanes of at least 4 members (excludes halogenated alkanes) is 3. The molecule has 1 aromatic rings. The van der Waals surface area contributed by atoms with Gasteiger partial charge in [-0.15, -0.1) is 0 Å². The summed E-state index contributed by atoms with van der Waals surface area (Å²) in [6.07, 6.45) is 9.52. The number of phenols is 2. The van der Waals surface area contributed by atoms with E-state index in [0.29, 0.717) is 5.56 Å². The summed E-state index contributed by atoms with van der Waals surface area (Å²) in [5, 5.41) is 22.0. The van der Waals surface area contributed by atoms with Gasteiger partial charge in [0.1, 0.15) is 18.1 Å². The number of rotatable bonds is 9. The van der Waals surface area contributed by atoms with Crippen LogP contribution in [0.2, 0.25) is 0 Å². The fraction of sp³-hybridized carbons (Fsp3) is 0.690. The summed E-state index contributed by atoms with van der Waals surface area (Å²) in [5.74, 6) is -0.0495. The zero-order valence-electron chi connectivity index (χ0n) is 22.2. The van der Waals surface area contributed by atoms with Crippen LogP contribution in [0.3, 0.4) is 0 Å². The molecular weight excluding hydrogens is 412 g/mol. The van der Waals surface area contributed by atoms with E-state index in [1.807, 2.05) is 32.9 Å². The van der Waals surface area contributed by atoms with Gasteiger partial charge in [0, 0.05) is 11.5 Å². The van der Waals surface area contributed by atoms with Crippen molar-refractivity contribution in [1.29, 1.82) is 0 Å². The average Bonchev–Trinajstić information content (AvgIpc) is 2.67. The Hall–Kier alpha value is -1.97. The van der Waals surface area contributed by atoms with Crippen LogP contribution in [-0.4, -0.2) is 22.8 Å². The van der Waals surface area contributed by atoms with E-state index in [-0.39, 0.29) is 40.8 Å². The summed E-state index contributed by atoms with van der Waals surface area (Å²) in [5.41, 5.74) is 1.89. The zero-order chi connectivity index (χ0) is 25.0. The Labute approximate surface area is 201 Å². The van der Waals surface area contributed by atoms with Gasteiger partial charge >= 0.3 is 5.97 Å². The van der Waals surface area contributed by atoms with Gasteiger partial charge in [0.2, 0.25) is 0 Å². The molecule has 4 heteroatoms. The molecule has 0 fully saturated rings. The summed E-state index contributed by atoms with van der Waals surface area (Å²) in [6, 6.07) is 3.67. The van der Waals surface area contributed by atoms with Gasteiger partial charge in [-0.3, -0.25) is 4.79 Å². The number of hydrogen-bond donors (Lipinski definition) is 2. The number of hydrogen-bond acceptors (Lipinski definition) is 4. The first-order valence-corrected chi connectivity index (χ1v) is 12.6. The van der Waals surface area contributed by atoms with Crippen molar-refractivity contribution < 1.29 is 19.7 Å². The molecule has 33 heavy (non-hydrogen) atoms. The van der Waals surface area contributed by atoms with E-state index in [2.05, 4.69) is 40.7 Å². The lowest BCUT2D eigenvalue weighted by Gasteiger charge is -2.36. The average molecular weight is 459 g/mol. The third-order valence-electron chi connectivity index (χ3n) is 6.86. The molecule has 0 heterocycles. The van der Waals surface area contributed by atoms with E-state index in [4.69, 9.17) is 4.74 Å². The van der Waals surface area contributed by atoms with E-state index in [9.17, 15) is 15.0 Å². The fourth-order valence-corrected chi connectivity index (χ4v) is 4.88. The number of benzene rings is 1. The molecule has 0 bridgehead atoms. The highest BCUT2D eigenvalue weighted by molar-refractivity contribution is 5.75. The maximum Gasteiger partial charge on any atom is 0.311 e. The molecule has 186 valence electrons. The molecule has 0 saturated carbocycles. The predicted molar refractivity (Wildman–Crippen MR) is 136 cm³/mol. The highest BCUT2D eigenvalue weighted by atomic mass is 16.5. The van der Waals surface area contributed by atoms with Gasteiger partial charge in [-0.25, -0.2) is 0 Å². The topological polar surface area (TPSA) is 66.8 Å². The number of carbonyl (C=O) groups is 1. The molecule has 0 spiro atoms. The molecule has 1 aromatic carbocycles. The largest absolute Gasteiger partial charge is 0.507 e. The van der Waals surface area contributed by atoms with Crippen molar-refractivity contribution in [3.63, 3.8) is 0 Å². The number of esters is 1. The maximum atomic E-state index is 12.2. The second kappa shape index (κ2) is 10.5. The Bertz CT molecular complexity index is 832. The highest BCUT2D eigenvalue weighted by Gasteiger charge is 2.34. The lowest BCUT2D eigenvalue weighted by Crippen LogP contribution is -2.27. The van der Waals surface area contributed by atoms with Crippen LogP contribution >= 0.6 is 0 Å². The first kappa shape index (κ1) is 27.3. The van der Waals surface area contributed by atoms with Crippen molar-refractivity contribution in [2.24, 2.45) is 10.8 Å². The summed E-state index contributed by atoms with van der Waals surface area (Å²) < 4.78 is 5.57.